The van der Waals surface area contributed by atoms with E-state index in [1.165, 1.54) is 35.5 Å². The number of aliphatic carboxylic acids is 1. The largest absolute Gasteiger partial charge is 0.477 e. The van der Waals surface area contributed by atoms with Crippen LogP contribution in [0.1, 0.15) is 11.3 Å². The molecule has 2 amide bonds. The number of nitrogens with zero attached hydrogens (tertiary/aromatic N) is 4. The topological polar surface area (TPSA) is 160 Å². The van der Waals surface area contributed by atoms with Gasteiger partial charge in [-0.25, -0.2) is 9.78 Å². The number of carbonyl (C=O) groups is 3. The van der Waals surface area contributed by atoms with E-state index in [-0.39, 0.29) is 22.2 Å². The number of nitrogens with one attached hydrogen (secondary N) is 1. The SMILES string of the molecule is CON=C(C(=O)NC1C(=O)N2C(C(=O)O)=C(CSC=Cc3cccnc3)CS[C@@H]12)c1csc(N)n1. The highest BCUT2D eigenvalue weighted by Crippen LogP contribution is 2.41. The fourth-order valence-corrected chi connectivity index (χ4v) is 6.26. The van der Waals surface area contributed by atoms with Gasteiger partial charge in [0.15, 0.2) is 10.8 Å². The van der Waals surface area contributed by atoms with Gasteiger partial charge in [0.05, 0.1) is 0 Å². The second-order valence-electron chi connectivity index (χ2n) is 7.21. The molecule has 182 valence electrons. The minimum atomic E-state index is -1.18. The Balaban J connectivity index is 1.44. The second-order valence-corrected chi connectivity index (χ2v) is 10.1. The van der Waals surface area contributed by atoms with Gasteiger partial charge in [-0.3, -0.25) is 19.5 Å². The molecule has 0 aromatic carbocycles. The lowest BCUT2D eigenvalue weighted by Gasteiger charge is -2.49. The van der Waals surface area contributed by atoms with Gasteiger partial charge >= 0.3 is 5.97 Å². The number of thiazole rings is 1. The van der Waals surface area contributed by atoms with Crippen molar-refractivity contribution in [2.24, 2.45) is 5.16 Å². The second kappa shape index (κ2) is 10.9. The summed E-state index contributed by atoms with van der Waals surface area (Å²) in [6.07, 6.45) is 5.29. The van der Waals surface area contributed by atoms with Crippen LogP contribution >= 0.6 is 34.9 Å². The molecule has 1 unspecified atom stereocenters. The number of carbonyl (C=O) groups excluding carboxylic acids is 2. The number of hydrogen-bond acceptors (Lipinski definition) is 11. The molecule has 2 aromatic heterocycles. The molecule has 11 nitrogen and oxygen atoms in total. The molecule has 1 fully saturated rings. The summed E-state index contributed by atoms with van der Waals surface area (Å²) in [4.78, 5) is 51.8. The van der Waals surface area contributed by atoms with Crippen molar-refractivity contribution in [3.63, 3.8) is 0 Å². The van der Waals surface area contributed by atoms with Crippen LogP contribution in [0.3, 0.4) is 0 Å². The highest BCUT2D eigenvalue weighted by Gasteiger charge is 2.54. The quantitative estimate of drug-likeness (QED) is 0.246. The first-order chi connectivity index (χ1) is 16.9. The molecular weight excluding hydrogens is 512 g/mol. The lowest BCUT2D eigenvalue weighted by Crippen LogP contribution is -2.71. The van der Waals surface area contributed by atoms with Crippen LogP contribution in [0.25, 0.3) is 6.08 Å². The van der Waals surface area contributed by atoms with E-state index in [9.17, 15) is 19.5 Å². The number of anilines is 1. The van der Waals surface area contributed by atoms with Gasteiger partial charge < -0.3 is 21.0 Å². The van der Waals surface area contributed by atoms with Gasteiger partial charge in [-0.2, -0.15) is 0 Å². The van der Waals surface area contributed by atoms with Crippen LogP contribution in [0.5, 0.6) is 0 Å². The van der Waals surface area contributed by atoms with Crippen molar-refractivity contribution in [2.75, 3.05) is 24.3 Å². The zero-order chi connectivity index (χ0) is 24.9. The van der Waals surface area contributed by atoms with E-state index in [2.05, 4.69) is 20.4 Å². The summed E-state index contributed by atoms with van der Waals surface area (Å²) in [7, 11) is 1.28. The highest BCUT2D eigenvalue weighted by molar-refractivity contribution is 8.02. The van der Waals surface area contributed by atoms with E-state index in [4.69, 9.17) is 10.6 Å². The van der Waals surface area contributed by atoms with E-state index in [1.54, 1.807) is 17.8 Å². The molecule has 0 saturated carbocycles. The molecule has 2 aromatic rings. The number of nitrogen functional groups attached to an aromatic ring is 1. The fraction of sp³-hybridized carbons (Fsp3) is 0.238. The van der Waals surface area contributed by atoms with Crippen molar-refractivity contribution >= 4 is 69.6 Å². The Morgan fingerprint density at radius 2 is 2.31 bits per heavy atom. The number of pyridine rings is 1. The summed E-state index contributed by atoms with van der Waals surface area (Å²) in [6, 6.07) is 2.83. The van der Waals surface area contributed by atoms with Crippen molar-refractivity contribution in [1.29, 1.82) is 0 Å². The highest BCUT2D eigenvalue weighted by atomic mass is 32.2. The van der Waals surface area contributed by atoms with Crippen LogP contribution in [-0.4, -0.2) is 73.5 Å². The standard InChI is InChI=1S/C21H20N6O5S3/c1-32-26-14(13-10-35-21(22)24-13)17(28)25-15-18(29)27-16(20(30)31)12(9-34-19(15)27)8-33-6-4-11-3-2-5-23-7-11/h2-7,10,15,19H,8-9H2,1H3,(H2,22,24)(H,25,28)(H,30,31)/t15?,19-/m0/s1. The third kappa shape index (κ3) is 5.33. The van der Waals surface area contributed by atoms with Crippen molar-refractivity contribution in [3.05, 3.63) is 57.8 Å². The van der Waals surface area contributed by atoms with Crippen molar-refractivity contribution in [2.45, 2.75) is 11.4 Å². The Morgan fingerprint density at radius 3 is 2.97 bits per heavy atom. The molecule has 35 heavy (non-hydrogen) atoms. The molecule has 0 radical (unpaired) electrons. The molecule has 2 aliphatic rings. The van der Waals surface area contributed by atoms with E-state index in [0.29, 0.717) is 17.1 Å². The molecule has 4 N–H and O–H groups in total. The predicted molar refractivity (Wildman–Crippen MR) is 135 cm³/mol. The average Bonchev–Trinajstić information content (AvgIpc) is 3.29. The minimum Gasteiger partial charge on any atom is -0.477 e. The monoisotopic (exact) mass is 532 g/mol. The number of carboxylic acids is 1. The predicted octanol–water partition coefficient (Wildman–Crippen LogP) is 1.61. The first-order valence-electron chi connectivity index (χ1n) is 10.1. The van der Waals surface area contributed by atoms with Gasteiger partial charge in [0.1, 0.15) is 29.9 Å². The van der Waals surface area contributed by atoms with Crippen molar-refractivity contribution in [3.8, 4) is 0 Å². The first kappa shape index (κ1) is 24.8. The van der Waals surface area contributed by atoms with Crippen LogP contribution < -0.4 is 11.1 Å². The fourth-order valence-electron chi connectivity index (χ4n) is 3.45. The molecule has 2 aliphatic heterocycles. The van der Waals surface area contributed by atoms with Gasteiger partial charge in [0.2, 0.25) is 0 Å². The van der Waals surface area contributed by atoms with Gasteiger partial charge in [0, 0.05) is 29.3 Å². The average molecular weight is 533 g/mol. The van der Waals surface area contributed by atoms with E-state index >= 15 is 0 Å². The Labute approximate surface area is 212 Å². The number of nitrogens with two attached hydrogens (primary N) is 1. The number of aromatic nitrogens is 2. The number of oxime groups is 1. The molecule has 14 heteroatoms. The zero-order valence-electron chi connectivity index (χ0n) is 18.3. The summed E-state index contributed by atoms with van der Waals surface area (Å²) in [5.41, 5.74) is 7.26. The molecular formula is C21H20N6O5S3. The number of carboxylic acid groups (broad SMARTS) is 1. The maximum absolute atomic E-state index is 12.9. The molecule has 0 spiro atoms. The van der Waals surface area contributed by atoms with Gasteiger partial charge in [-0.05, 0) is 28.7 Å². The third-order valence-corrected chi connectivity index (χ3v) is 7.85. The number of β-lactam (4-membered cyclic amide) rings is 1. The maximum Gasteiger partial charge on any atom is 0.352 e. The number of rotatable bonds is 9. The summed E-state index contributed by atoms with van der Waals surface area (Å²) in [5, 5.41) is 19.3. The van der Waals surface area contributed by atoms with Gasteiger partial charge in [-0.15, -0.1) is 34.9 Å². The normalized spacial score (nSPS) is 20.0. The Hall–Kier alpha value is -3.36. The summed E-state index contributed by atoms with van der Waals surface area (Å²) < 4.78 is 0. The Morgan fingerprint density at radius 1 is 1.49 bits per heavy atom. The number of hydrogen-bond donors (Lipinski definition) is 3. The molecule has 4 rings (SSSR count). The third-order valence-electron chi connectivity index (χ3n) is 5.00. The number of fused-ring (bicyclic) bond motifs is 1. The molecule has 1 saturated heterocycles. The summed E-state index contributed by atoms with van der Waals surface area (Å²) in [6.45, 7) is 0. The van der Waals surface area contributed by atoms with E-state index < -0.39 is 29.2 Å². The molecule has 2 atom stereocenters. The number of thioether (sulfide) groups is 2. The Kier molecular flexibility index (Phi) is 7.73. The number of amides is 2. The van der Waals surface area contributed by atoms with Crippen molar-refractivity contribution in [1.82, 2.24) is 20.2 Å². The summed E-state index contributed by atoms with van der Waals surface area (Å²) in [5.74, 6) is -1.53. The Bertz CT molecular complexity index is 1230. The van der Waals surface area contributed by atoms with Gasteiger partial charge in [-0.1, -0.05) is 11.2 Å². The smallest absolute Gasteiger partial charge is 0.352 e. The zero-order valence-corrected chi connectivity index (χ0v) is 20.7. The van der Waals surface area contributed by atoms with Crippen LogP contribution in [-0.2, 0) is 19.2 Å². The molecule has 4 heterocycles. The van der Waals surface area contributed by atoms with Crippen LogP contribution in [0.2, 0.25) is 0 Å². The van der Waals surface area contributed by atoms with Crippen LogP contribution in [0, 0.1) is 0 Å². The maximum atomic E-state index is 12.9. The molecule has 0 aliphatic carbocycles. The van der Waals surface area contributed by atoms with E-state index in [0.717, 1.165) is 16.9 Å². The van der Waals surface area contributed by atoms with Crippen LogP contribution in [0.4, 0.5) is 5.13 Å². The summed E-state index contributed by atoms with van der Waals surface area (Å²) >= 11 is 3.95. The lowest BCUT2D eigenvalue weighted by molar-refractivity contribution is -0.150. The lowest BCUT2D eigenvalue weighted by atomic mass is 10.0. The van der Waals surface area contributed by atoms with Crippen LogP contribution in [0.15, 0.2) is 51.7 Å². The van der Waals surface area contributed by atoms with E-state index in [1.807, 2.05) is 23.6 Å². The molecule has 0 bridgehead atoms. The minimum absolute atomic E-state index is 0.0374. The van der Waals surface area contributed by atoms with Gasteiger partial charge in [0.25, 0.3) is 11.8 Å². The first-order valence-corrected chi connectivity index (χ1v) is 13.1. The van der Waals surface area contributed by atoms with Crippen molar-refractivity contribution < 1.29 is 24.3 Å².